The van der Waals surface area contributed by atoms with Crippen molar-refractivity contribution in [2.24, 2.45) is 16.6 Å². The Bertz CT molecular complexity index is 472. The number of nitrogens with two attached hydrogens (primary N) is 1. The monoisotopic (exact) mass is 278 g/mol. The Morgan fingerprint density at radius 1 is 1.26 bits per heavy atom. The van der Waals surface area contributed by atoms with Crippen LogP contribution in [0.1, 0.15) is 24.8 Å². The number of ether oxygens (including phenoxy) is 1. The fourth-order valence-electron chi connectivity index (χ4n) is 2.95. The first kappa shape index (κ1) is 12.9. The molecule has 0 aromatic heterocycles. The lowest BCUT2D eigenvalue weighted by Crippen LogP contribution is -2.33. The van der Waals surface area contributed by atoms with Crippen LogP contribution < -0.4 is 5.73 Å². The third-order valence-corrected chi connectivity index (χ3v) is 4.31. The number of aliphatic imine (C=N–C) groups is 1. The summed E-state index contributed by atoms with van der Waals surface area (Å²) >= 11 is 5.89. The molecule has 102 valence electrons. The lowest BCUT2D eigenvalue weighted by Gasteiger charge is -2.28. The van der Waals surface area contributed by atoms with Gasteiger partial charge in [-0.2, -0.15) is 0 Å². The van der Waals surface area contributed by atoms with Gasteiger partial charge >= 0.3 is 0 Å². The molecule has 0 saturated heterocycles. The van der Waals surface area contributed by atoms with Gasteiger partial charge in [0.15, 0.2) is 5.90 Å². The van der Waals surface area contributed by atoms with Crippen molar-refractivity contribution in [1.29, 1.82) is 0 Å². The van der Waals surface area contributed by atoms with Crippen molar-refractivity contribution in [1.82, 2.24) is 0 Å². The molecule has 2 N–H and O–H groups in total. The third kappa shape index (κ3) is 2.93. The van der Waals surface area contributed by atoms with Gasteiger partial charge in [-0.1, -0.05) is 23.7 Å². The van der Waals surface area contributed by atoms with Gasteiger partial charge in [0.2, 0.25) is 0 Å². The molecule has 1 aromatic carbocycles. The van der Waals surface area contributed by atoms with Crippen molar-refractivity contribution in [3.05, 3.63) is 34.9 Å². The van der Waals surface area contributed by atoms with Gasteiger partial charge in [0.1, 0.15) is 6.10 Å². The summed E-state index contributed by atoms with van der Waals surface area (Å²) in [6.07, 6.45) is 4.37. The molecule has 1 aromatic rings. The minimum absolute atomic E-state index is 0.283. The first-order valence-electron chi connectivity index (χ1n) is 6.92. The quantitative estimate of drug-likeness (QED) is 0.924. The number of halogens is 1. The summed E-state index contributed by atoms with van der Waals surface area (Å²) in [5.74, 6) is 1.48. The number of rotatable bonds is 3. The fourth-order valence-corrected chi connectivity index (χ4v) is 3.07. The molecule has 1 fully saturated rings. The van der Waals surface area contributed by atoms with Crippen LogP contribution in [0, 0.1) is 5.92 Å². The molecule has 1 aliphatic heterocycles. The smallest absolute Gasteiger partial charge is 0.188 e. The highest BCUT2D eigenvalue weighted by Crippen LogP contribution is 2.32. The molecule has 1 saturated carbocycles. The van der Waals surface area contributed by atoms with E-state index in [1.165, 1.54) is 12.0 Å². The van der Waals surface area contributed by atoms with E-state index in [0.29, 0.717) is 12.0 Å². The molecular weight excluding hydrogens is 260 g/mol. The van der Waals surface area contributed by atoms with Crippen LogP contribution in [0.4, 0.5) is 0 Å². The lowest BCUT2D eigenvalue weighted by atomic mass is 9.84. The van der Waals surface area contributed by atoms with Crippen molar-refractivity contribution in [2.75, 3.05) is 6.54 Å². The van der Waals surface area contributed by atoms with Crippen LogP contribution in [-0.2, 0) is 11.2 Å². The van der Waals surface area contributed by atoms with Crippen molar-refractivity contribution < 1.29 is 4.74 Å². The van der Waals surface area contributed by atoms with Crippen LogP contribution in [0.2, 0.25) is 5.02 Å². The SMILES string of the molecule is NCC1CCC2OC(Cc3ccc(Cl)cc3)=NC2C1. The van der Waals surface area contributed by atoms with Gasteiger partial charge in [-0.3, -0.25) is 0 Å². The van der Waals surface area contributed by atoms with Gasteiger partial charge in [-0.25, -0.2) is 4.99 Å². The summed E-state index contributed by atoms with van der Waals surface area (Å²) in [7, 11) is 0. The van der Waals surface area contributed by atoms with Crippen LogP contribution in [0.3, 0.4) is 0 Å². The summed E-state index contributed by atoms with van der Waals surface area (Å²) in [6, 6.07) is 8.19. The van der Waals surface area contributed by atoms with E-state index in [1.807, 2.05) is 24.3 Å². The maximum absolute atomic E-state index is 5.97. The van der Waals surface area contributed by atoms with E-state index in [9.17, 15) is 0 Å². The van der Waals surface area contributed by atoms with Gasteiger partial charge in [-0.15, -0.1) is 0 Å². The Morgan fingerprint density at radius 2 is 2.05 bits per heavy atom. The van der Waals surface area contributed by atoms with Crippen molar-refractivity contribution in [2.45, 2.75) is 37.8 Å². The molecule has 0 bridgehead atoms. The van der Waals surface area contributed by atoms with Gasteiger partial charge in [-0.05, 0) is 49.4 Å². The first-order chi connectivity index (χ1) is 9.24. The summed E-state index contributed by atoms with van der Waals surface area (Å²) in [5, 5.41) is 0.762. The summed E-state index contributed by atoms with van der Waals surface area (Å²) in [4.78, 5) is 4.73. The fraction of sp³-hybridized carbons (Fsp3) is 0.533. The molecule has 3 atom stereocenters. The second kappa shape index (κ2) is 5.51. The first-order valence-corrected chi connectivity index (χ1v) is 7.30. The predicted octanol–water partition coefficient (Wildman–Crippen LogP) is 2.81. The molecule has 0 amide bonds. The average molecular weight is 279 g/mol. The molecule has 3 rings (SSSR count). The number of fused-ring (bicyclic) bond motifs is 1. The Kier molecular flexibility index (Phi) is 3.76. The molecule has 1 aliphatic carbocycles. The maximum Gasteiger partial charge on any atom is 0.188 e. The van der Waals surface area contributed by atoms with Crippen molar-refractivity contribution in [3.63, 3.8) is 0 Å². The van der Waals surface area contributed by atoms with E-state index in [4.69, 9.17) is 27.1 Å². The van der Waals surface area contributed by atoms with Crippen molar-refractivity contribution in [3.8, 4) is 0 Å². The van der Waals surface area contributed by atoms with E-state index in [0.717, 1.165) is 36.7 Å². The van der Waals surface area contributed by atoms with E-state index in [1.54, 1.807) is 0 Å². The van der Waals surface area contributed by atoms with Crippen LogP contribution in [0.25, 0.3) is 0 Å². The summed E-state index contributed by atoms with van der Waals surface area (Å²) in [6.45, 7) is 0.769. The van der Waals surface area contributed by atoms with Crippen LogP contribution >= 0.6 is 11.6 Å². The normalized spacial score (nSPS) is 29.6. The molecule has 19 heavy (non-hydrogen) atoms. The van der Waals surface area contributed by atoms with Gasteiger partial charge < -0.3 is 10.5 Å². The maximum atomic E-state index is 5.97. The van der Waals surface area contributed by atoms with Crippen LogP contribution in [0.15, 0.2) is 29.3 Å². The number of benzene rings is 1. The Morgan fingerprint density at radius 3 is 2.79 bits per heavy atom. The predicted molar refractivity (Wildman–Crippen MR) is 77.6 cm³/mol. The molecule has 1 heterocycles. The number of hydrogen-bond donors (Lipinski definition) is 1. The number of hydrogen-bond acceptors (Lipinski definition) is 3. The van der Waals surface area contributed by atoms with Gasteiger partial charge in [0.25, 0.3) is 0 Å². The topological polar surface area (TPSA) is 47.6 Å². The molecular formula is C15H19ClN2O. The molecule has 3 nitrogen and oxygen atoms in total. The summed E-state index contributed by atoms with van der Waals surface area (Å²) < 4.78 is 5.97. The van der Waals surface area contributed by atoms with Gasteiger partial charge in [0.05, 0.1) is 6.04 Å². The highest BCUT2D eigenvalue weighted by atomic mass is 35.5. The van der Waals surface area contributed by atoms with E-state index in [-0.39, 0.29) is 6.10 Å². The minimum atomic E-state index is 0.283. The second-order valence-electron chi connectivity index (χ2n) is 5.46. The standard InChI is InChI=1S/C15H19ClN2O/c16-12-4-1-10(2-5-12)8-15-18-13-7-11(9-17)3-6-14(13)19-15/h1-2,4-5,11,13-14H,3,6-9,17H2. The molecule has 0 spiro atoms. The molecule has 4 heteroatoms. The zero-order valence-electron chi connectivity index (χ0n) is 10.9. The Balaban J connectivity index is 1.65. The largest absolute Gasteiger partial charge is 0.475 e. The van der Waals surface area contributed by atoms with Gasteiger partial charge in [0, 0.05) is 11.4 Å². The highest BCUT2D eigenvalue weighted by Gasteiger charge is 2.36. The zero-order valence-corrected chi connectivity index (χ0v) is 11.6. The lowest BCUT2D eigenvalue weighted by molar-refractivity contribution is 0.127. The average Bonchev–Trinajstić information content (AvgIpc) is 2.82. The molecule has 3 unspecified atom stereocenters. The van der Waals surface area contributed by atoms with E-state index < -0.39 is 0 Å². The van der Waals surface area contributed by atoms with Crippen LogP contribution in [-0.4, -0.2) is 24.6 Å². The third-order valence-electron chi connectivity index (χ3n) is 4.06. The molecule has 0 radical (unpaired) electrons. The minimum Gasteiger partial charge on any atom is -0.475 e. The molecule has 2 aliphatic rings. The highest BCUT2D eigenvalue weighted by molar-refractivity contribution is 6.30. The second-order valence-corrected chi connectivity index (χ2v) is 5.90. The van der Waals surface area contributed by atoms with Crippen LogP contribution in [0.5, 0.6) is 0 Å². The van der Waals surface area contributed by atoms with Crippen molar-refractivity contribution >= 4 is 17.5 Å². The summed E-state index contributed by atoms with van der Waals surface area (Å²) in [5.41, 5.74) is 6.95. The number of nitrogens with zero attached hydrogens (tertiary/aromatic N) is 1. The Hall–Kier alpha value is -1.06. The Labute approximate surface area is 118 Å². The zero-order chi connectivity index (χ0) is 13.2. The van der Waals surface area contributed by atoms with E-state index in [2.05, 4.69) is 0 Å². The van der Waals surface area contributed by atoms with E-state index >= 15 is 0 Å².